The first-order valence-corrected chi connectivity index (χ1v) is 11.9. The molecule has 7 heteroatoms. The second-order valence-corrected chi connectivity index (χ2v) is 8.61. The van der Waals surface area contributed by atoms with E-state index in [1.807, 2.05) is 11.0 Å². The Bertz CT molecular complexity index is 912. The minimum absolute atomic E-state index is 0.0734. The fourth-order valence-electron chi connectivity index (χ4n) is 4.19. The fraction of sp³-hybridized carbons (Fsp3) is 0.444. The third kappa shape index (κ3) is 7.42. The topological polar surface area (TPSA) is 95.7 Å². The molecule has 0 bridgehead atoms. The molecule has 1 aromatic rings. The van der Waals surface area contributed by atoms with E-state index in [1.54, 1.807) is 49.2 Å². The third-order valence-electron chi connectivity index (χ3n) is 6.46. The highest BCUT2D eigenvalue weighted by Crippen LogP contribution is 2.18. The van der Waals surface area contributed by atoms with Crippen molar-refractivity contribution in [2.45, 2.75) is 45.1 Å². The zero-order valence-corrected chi connectivity index (χ0v) is 20.5. The number of nitrogens with two attached hydrogens (primary N) is 1. The van der Waals surface area contributed by atoms with Crippen LogP contribution in [0.1, 0.15) is 59.7 Å². The molecule has 7 nitrogen and oxygen atoms in total. The second kappa shape index (κ2) is 13.5. The van der Waals surface area contributed by atoms with E-state index < -0.39 is 0 Å². The van der Waals surface area contributed by atoms with E-state index in [9.17, 15) is 14.4 Å². The zero-order chi connectivity index (χ0) is 25.1. The van der Waals surface area contributed by atoms with E-state index in [2.05, 4.69) is 18.5 Å². The summed E-state index contributed by atoms with van der Waals surface area (Å²) in [6.07, 6.45) is 7.71. The molecule has 1 fully saturated rings. The lowest BCUT2D eigenvalue weighted by atomic mass is 10.0. The molecule has 0 saturated carbocycles. The van der Waals surface area contributed by atoms with Crippen LogP contribution in [-0.2, 0) is 4.79 Å². The molecule has 0 atom stereocenters. The number of rotatable bonds is 11. The zero-order valence-electron chi connectivity index (χ0n) is 20.5. The molecule has 2 rings (SSSR count). The van der Waals surface area contributed by atoms with Gasteiger partial charge < -0.3 is 20.9 Å². The van der Waals surface area contributed by atoms with Crippen molar-refractivity contribution >= 4 is 17.7 Å². The van der Waals surface area contributed by atoms with Gasteiger partial charge in [0, 0.05) is 57.3 Å². The Kier molecular flexibility index (Phi) is 10.7. The summed E-state index contributed by atoms with van der Waals surface area (Å²) in [5, 5.41) is 2.93. The van der Waals surface area contributed by atoms with E-state index >= 15 is 0 Å². The summed E-state index contributed by atoms with van der Waals surface area (Å²) in [6.45, 7) is 11.5. The minimum atomic E-state index is -0.155. The molecule has 0 aromatic heterocycles. The number of nitrogens with one attached hydrogen (secondary N) is 1. The smallest absolute Gasteiger partial charge is 0.253 e. The van der Waals surface area contributed by atoms with Crippen molar-refractivity contribution in [2.24, 2.45) is 5.73 Å². The van der Waals surface area contributed by atoms with Gasteiger partial charge >= 0.3 is 0 Å². The maximum Gasteiger partial charge on any atom is 0.253 e. The van der Waals surface area contributed by atoms with Crippen LogP contribution in [0.25, 0.3) is 0 Å². The number of amides is 3. The summed E-state index contributed by atoms with van der Waals surface area (Å²) in [6, 6.07) is 6.87. The Hall–Kier alpha value is -3.19. The van der Waals surface area contributed by atoms with Gasteiger partial charge in [-0.3, -0.25) is 14.4 Å². The first kappa shape index (κ1) is 27.1. The van der Waals surface area contributed by atoms with Gasteiger partial charge in [-0.05, 0) is 67.5 Å². The molecular weight excluding hydrogens is 428 g/mol. The van der Waals surface area contributed by atoms with Gasteiger partial charge in [0.2, 0.25) is 5.91 Å². The molecule has 3 amide bonds. The summed E-state index contributed by atoms with van der Waals surface area (Å²) in [5.74, 6) is -0.152. The molecule has 0 spiro atoms. The Morgan fingerprint density at radius 3 is 2.18 bits per heavy atom. The Balaban J connectivity index is 1.81. The number of piperidine rings is 1. The lowest BCUT2D eigenvalue weighted by Gasteiger charge is -2.36. The highest BCUT2D eigenvalue weighted by Gasteiger charge is 2.26. The van der Waals surface area contributed by atoms with Crippen LogP contribution in [0.5, 0.6) is 0 Å². The van der Waals surface area contributed by atoms with E-state index in [1.165, 1.54) is 0 Å². The van der Waals surface area contributed by atoms with Crippen molar-refractivity contribution in [3.8, 4) is 0 Å². The lowest BCUT2D eigenvalue weighted by Crippen LogP contribution is -2.46. The average Bonchev–Trinajstić information content (AvgIpc) is 2.87. The molecule has 3 N–H and O–H groups in total. The molecule has 184 valence electrons. The first-order valence-electron chi connectivity index (χ1n) is 11.9. The highest BCUT2D eigenvalue weighted by atomic mass is 16.2. The van der Waals surface area contributed by atoms with Crippen molar-refractivity contribution < 1.29 is 14.4 Å². The Labute approximate surface area is 203 Å². The number of carbonyl (C=O) groups is 3. The van der Waals surface area contributed by atoms with Crippen molar-refractivity contribution in [1.29, 1.82) is 0 Å². The van der Waals surface area contributed by atoms with Crippen LogP contribution in [-0.4, -0.2) is 66.8 Å². The van der Waals surface area contributed by atoms with Gasteiger partial charge in [0.25, 0.3) is 11.8 Å². The summed E-state index contributed by atoms with van der Waals surface area (Å²) < 4.78 is 0. The maximum absolute atomic E-state index is 12.9. The van der Waals surface area contributed by atoms with Crippen LogP contribution in [0.4, 0.5) is 0 Å². The Morgan fingerprint density at radius 2 is 1.65 bits per heavy atom. The quantitative estimate of drug-likeness (QED) is 0.386. The predicted molar refractivity (Wildman–Crippen MR) is 136 cm³/mol. The molecule has 34 heavy (non-hydrogen) atoms. The maximum atomic E-state index is 12.9. The molecule has 1 heterocycles. The summed E-state index contributed by atoms with van der Waals surface area (Å²) in [4.78, 5) is 40.4. The predicted octanol–water partition coefficient (Wildman–Crippen LogP) is 3.30. The number of carbonyl (C=O) groups excluding carboxylic acids is 3. The van der Waals surface area contributed by atoms with Crippen LogP contribution in [0.15, 0.2) is 60.7 Å². The molecular formula is C27H38N4O3. The van der Waals surface area contributed by atoms with E-state index in [0.29, 0.717) is 37.3 Å². The lowest BCUT2D eigenvalue weighted by molar-refractivity contribution is -0.130. The second-order valence-electron chi connectivity index (χ2n) is 8.61. The first-order chi connectivity index (χ1) is 16.3. The fourth-order valence-corrected chi connectivity index (χ4v) is 4.19. The minimum Gasteiger partial charge on any atom is -0.352 e. The number of allylic oxidation sites excluding steroid dienone is 2. The molecule has 1 aromatic carbocycles. The van der Waals surface area contributed by atoms with E-state index in [0.717, 1.165) is 43.3 Å². The van der Waals surface area contributed by atoms with Gasteiger partial charge in [0.15, 0.2) is 0 Å². The van der Waals surface area contributed by atoms with Crippen LogP contribution in [0.2, 0.25) is 0 Å². The van der Waals surface area contributed by atoms with Gasteiger partial charge in [0.1, 0.15) is 0 Å². The highest BCUT2D eigenvalue weighted by molar-refractivity contribution is 5.97. The van der Waals surface area contributed by atoms with Crippen molar-refractivity contribution in [1.82, 2.24) is 15.1 Å². The van der Waals surface area contributed by atoms with E-state index in [-0.39, 0.29) is 23.8 Å². The molecule has 0 radical (unpaired) electrons. The number of hydrogen-bond donors (Lipinski definition) is 2. The van der Waals surface area contributed by atoms with Crippen LogP contribution in [0.3, 0.4) is 0 Å². The Morgan fingerprint density at radius 1 is 1.06 bits per heavy atom. The third-order valence-corrected chi connectivity index (χ3v) is 6.46. The van der Waals surface area contributed by atoms with Gasteiger partial charge in [-0.2, -0.15) is 0 Å². The van der Waals surface area contributed by atoms with Gasteiger partial charge in [-0.25, -0.2) is 0 Å². The average molecular weight is 467 g/mol. The van der Waals surface area contributed by atoms with Crippen molar-refractivity contribution in [3.05, 3.63) is 71.8 Å². The van der Waals surface area contributed by atoms with Gasteiger partial charge in [0.05, 0.1) is 0 Å². The van der Waals surface area contributed by atoms with Gasteiger partial charge in [-0.1, -0.05) is 25.3 Å². The molecule has 1 aliphatic heterocycles. The monoisotopic (exact) mass is 466 g/mol. The number of benzene rings is 1. The van der Waals surface area contributed by atoms with Crippen molar-refractivity contribution in [2.75, 3.05) is 33.2 Å². The van der Waals surface area contributed by atoms with Crippen LogP contribution in [0, 0.1) is 0 Å². The SMILES string of the molecule is C=C/C(CN)=C(\C=C)CCCCNC(=O)c1ccc(C(=O)N(C)C2CCN(C(C)=O)CC2)cc1. The summed E-state index contributed by atoms with van der Waals surface area (Å²) >= 11 is 0. The summed E-state index contributed by atoms with van der Waals surface area (Å²) in [5.41, 5.74) is 8.90. The van der Waals surface area contributed by atoms with E-state index in [4.69, 9.17) is 5.73 Å². The largest absolute Gasteiger partial charge is 0.352 e. The van der Waals surface area contributed by atoms with Crippen LogP contribution >= 0.6 is 0 Å². The number of nitrogens with zero attached hydrogens (tertiary/aromatic N) is 2. The number of hydrogen-bond acceptors (Lipinski definition) is 4. The standard InChI is InChI=1S/C27H38N4O3/c1-5-21(22(6-2)19-28)9-7-8-16-29-26(33)23-10-12-24(13-11-23)27(34)30(4)25-14-17-31(18-15-25)20(3)32/h5-6,10-13,25H,1-2,7-9,14-19,28H2,3-4H3,(H,29,33)/b22-21-. The number of unbranched alkanes of at least 4 members (excludes halogenated alkanes) is 1. The molecule has 1 aliphatic rings. The number of likely N-dealkylation sites (tertiary alicyclic amines) is 1. The normalized spacial score (nSPS) is 14.7. The van der Waals surface area contributed by atoms with Gasteiger partial charge in [-0.15, -0.1) is 0 Å². The summed E-state index contributed by atoms with van der Waals surface area (Å²) in [7, 11) is 1.80. The molecule has 1 saturated heterocycles. The molecule has 0 unspecified atom stereocenters. The van der Waals surface area contributed by atoms with Crippen LogP contribution < -0.4 is 11.1 Å². The molecule has 0 aliphatic carbocycles. The van der Waals surface area contributed by atoms with Crippen molar-refractivity contribution in [3.63, 3.8) is 0 Å².